The van der Waals surface area contributed by atoms with Crippen molar-refractivity contribution >= 4 is 17.5 Å². The molecule has 2 saturated heterocycles. The number of likely N-dealkylation sites (tertiary alicyclic amines) is 1. The summed E-state index contributed by atoms with van der Waals surface area (Å²) in [7, 11) is 0. The molecule has 4 rings (SSSR count). The lowest BCUT2D eigenvalue weighted by Crippen LogP contribution is -2.54. The van der Waals surface area contributed by atoms with Gasteiger partial charge in [-0.15, -0.1) is 0 Å². The highest BCUT2D eigenvalue weighted by Crippen LogP contribution is 2.33. The lowest BCUT2D eigenvalue weighted by Gasteiger charge is -2.39. The topological polar surface area (TPSA) is 62.3 Å². The Labute approximate surface area is 166 Å². The summed E-state index contributed by atoms with van der Waals surface area (Å²) in [5, 5.41) is 0. The molecule has 7 nitrogen and oxygen atoms in total. The van der Waals surface area contributed by atoms with Gasteiger partial charge in [-0.25, -0.2) is 0 Å². The molecule has 1 aromatic rings. The third kappa shape index (κ3) is 4.09. The molecule has 7 heteroatoms. The zero-order chi connectivity index (χ0) is 19.5. The van der Waals surface area contributed by atoms with Crippen LogP contribution in [0.2, 0.25) is 0 Å². The number of rotatable bonds is 3. The number of benzene rings is 1. The molecule has 0 bridgehead atoms. The van der Waals surface area contributed by atoms with Gasteiger partial charge < -0.3 is 24.2 Å². The molecule has 1 aromatic carbocycles. The Kier molecular flexibility index (Phi) is 5.71. The lowest BCUT2D eigenvalue weighted by atomic mass is 10.1. The molecule has 0 spiro atoms. The van der Waals surface area contributed by atoms with Gasteiger partial charge in [0.2, 0.25) is 5.91 Å². The van der Waals surface area contributed by atoms with E-state index in [1.807, 2.05) is 45.9 Å². The molecule has 3 aliphatic rings. The Morgan fingerprint density at radius 1 is 1.04 bits per heavy atom. The number of carbonyl (C=O) groups excluding carboxylic acids is 2. The van der Waals surface area contributed by atoms with E-state index >= 15 is 0 Å². The summed E-state index contributed by atoms with van der Waals surface area (Å²) in [6.07, 6.45) is 2.77. The maximum atomic E-state index is 13.0. The zero-order valence-electron chi connectivity index (χ0n) is 16.5. The zero-order valence-corrected chi connectivity index (χ0v) is 16.5. The van der Waals surface area contributed by atoms with Crippen LogP contribution in [0.5, 0.6) is 5.75 Å². The van der Waals surface area contributed by atoms with Crippen molar-refractivity contribution in [2.24, 2.45) is 0 Å². The molecule has 2 atom stereocenters. The minimum Gasteiger partial charge on any atom is -0.477 e. The lowest BCUT2D eigenvalue weighted by molar-refractivity contribution is -0.140. The van der Waals surface area contributed by atoms with Crippen LogP contribution in [-0.4, -0.2) is 79.7 Å². The van der Waals surface area contributed by atoms with Gasteiger partial charge in [0, 0.05) is 26.2 Å². The molecule has 0 aromatic heterocycles. The van der Waals surface area contributed by atoms with Crippen LogP contribution in [0.3, 0.4) is 0 Å². The van der Waals surface area contributed by atoms with Crippen LogP contribution in [0.4, 0.5) is 5.69 Å². The van der Waals surface area contributed by atoms with Crippen molar-refractivity contribution in [1.29, 1.82) is 0 Å². The van der Waals surface area contributed by atoms with Crippen molar-refractivity contribution in [3.8, 4) is 5.75 Å². The van der Waals surface area contributed by atoms with Crippen LogP contribution < -0.4 is 9.64 Å². The average Bonchev–Trinajstić information content (AvgIpc) is 2.73. The predicted molar refractivity (Wildman–Crippen MR) is 105 cm³/mol. The fraction of sp³-hybridized carbons (Fsp3) is 0.619. The number of hydrogen-bond acceptors (Lipinski definition) is 5. The number of amides is 2. The third-order valence-corrected chi connectivity index (χ3v) is 5.72. The maximum Gasteiger partial charge on any atom is 0.265 e. The van der Waals surface area contributed by atoms with Gasteiger partial charge in [0.25, 0.3) is 5.91 Å². The van der Waals surface area contributed by atoms with Crippen molar-refractivity contribution in [2.75, 3.05) is 50.8 Å². The average molecular weight is 387 g/mol. The molecule has 0 unspecified atom stereocenters. The van der Waals surface area contributed by atoms with Gasteiger partial charge in [0.05, 0.1) is 31.5 Å². The molecular formula is C21H29N3O4. The molecular weight excluding hydrogens is 358 g/mol. The standard InChI is InChI=1S/C21H29N3O4/c1-16-13-23(11-12-27-16)20(25)15-24-14-19(21(26)22-9-5-2-6-10-22)28-18-8-4-3-7-17(18)24/h3-4,7-8,16,19H,2,5-6,9-15H2,1H3/t16-,19+/m0/s1. The molecule has 2 amide bonds. The van der Waals surface area contributed by atoms with E-state index < -0.39 is 6.10 Å². The highest BCUT2D eigenvalue weighted by molar-refractivity contribution is 5.86. The van der Waals surface area contributed by atoms with E-state index in [0.717, 1.165) is 31.6 Å². The fourth-order valence-corrected chi connectivity index (χ4v) is 4.21. The van der Waals surface area contributed by atoms with Crippen LogP contribution >= 0.6 is 0 Å². The molecule has 3 aliphatic heterocycles. The molecule has 0 radical (unpaired) electrons. The minimum atomic E-state index is -0.565. The van der Waals surface area contributed by atoms with Crippen LogP contribution in [0.15, 0.2) is 24.3 Å². The van der Waals surface area contributed by atoms with Crippen molar-refractivity contribution in [3.05, 3.63) is 24.3 Å². The number of fused-ring (bicyclic) bond motifs is 1. The number of nitrogens with zero attached hydrogens (tertiary/aromatic N) is 3. The van der Waals surface area contributed by atoms with E-state index in [9.17, 15) is 9.59 Å². The summed E-state index contributed by atoms with van der Waals surface area (Å²) in [5.74, 6) is 0.773. The van der Waals surface area contributed by atoms with Gasteiger partial charge in [-0.2, -0.15) is 0 Å². The second-order valence-electron chi connectivity index (χ2n) is 7.86. The van der Waals surface area contributed by atoms with Gasteiger partial charge in [0.15, 0.2) is 6.10 Å². The van der Waals surface area contributed by atoms with E-state index in [4.69, 9.17) is 9.47 Å². The van der Waals surface area contributed by atoms with E-state index in [0.29, 0.717) is 32.0 Å². The molecule has 28 heavy (non-hydrogen) atoms. The van der Waals surface area contributed by atoms with Crippen LogP contribution in [0.1, 0.15) is 26.2 Å². The van der Waals surface area contributed by atoms with Gasteiger partial charge in [-0.1, -0.05) is 12.1 Å². The summed E-state index contributed by atoms with van der Waals surface area (Å²) in [5.41, 5.74) is 0.875. The highest BCUT2D eigenvalue weighted by atomic mass is 16.5. The number of carbonyl (C=O) groups is 2. The summed E-state index contributed by atoms with van der Waals surface area (Å²) in [6, 6.07) is 7.66. The minimum absolute atomic E-state index is 0.0339. The Hall–Kier alpha value is -2.28. The first-order valence-electron chi connectivity index (χ1n) is 10.3. The SMILES string of the molecule is C[C@H]1CN(C(=O)CN2C[C@H](C(=O)N3CCCCC3)Oc3ccccc32)CCO1. The largest absolute Gasteiger partial charge is 0.477 e. The van der Waals surface area contributed by atoms with E-state index in [1.165, 1.54) is 6.42 Å². The van der Waals surface area contributed by atoms with Gasteiger partial charge >= 0.3 is 0 Å². The quantitative estimate of drug-likeness (QED) is 0.787. The summed E-state index contributed by atoms with van der Waals surface area (Å²) in [4.78, 5) is 31.7. The number of morpholine rings is 1. The maximum absolute atomic E-state index is 13.0. The van der Waals surface area contributed by atoms with Crippen LogP contribution in [-0.2, 0) is 14.3 Å². The first-order valence-corrected chi connectivity index (χ1v) is 10.3. The van der Waals surface area contributed by atoms with E-state index in [1.54, 1.807) is 0 Å². The normalized spacial score (nSPS) is 25.1. The Balaban J connectivity index is 1.49. The van der Waals surface area contributed by atoms with Crippen molar-refractivity contribution < 1.29 is 19.1 Å². The molecule has 0 saturated carbocycles. The first kappa shape index (κ1) is 19.1. The smallest absolute Gasteiger partial charge is 0.265 e. The van der Waals surface area contributed by atoms with Crippen molar-refractivity contribution in [1.82, 2.24) is 9.80 Å². The van der Waals surface area contributed by atoms with Crippen LogP contribution in [0.25, 0.3) is 0 Å². The van der Waals surface area contributed by atoms with Crippen molar-refractivity contribution in [2.45, 2.75) is 38.4 Å². The molecule has 0 N–H and O–H groups in total. The Morgan fingerprint density at radius 2 is 1.82 bits per heavy atom. The highest BCUT2D eigenvalue weighted by Gasteiger charge is 2.35. The second kappa shape index (κ2) is 8.39. The number of hydrogen-bond donors (Lipinski definition) is 0. The molecule has 152 valence electrons. The van der Waals surface area contributed by atoms with Gasteiger partial charge in [-0.05, 0) is 38.3 Å². The molecule has 3 heterocycles. The summed E-state index contributed by atoms with van der Waals surface area (Å²) < 4.78 is 11.6. The summed E-state index contributed by atoms with van der Waals surface area (Å²) in [6.45, 7) is 6.02. The second-order valence-corrected chi connectivity index (χ2v) is 7.86. The predicted octanol–water partition coefficient (Wildman–Crippen LogP) is 1.51. The number of anilines is 1. The monoisotopic (exact) mass is 387 g/mol. The Morgan fingerprint density at radius 3 is 2.61 bits per heavy atom. The van der Waals surface area contributed by atoms with Crippen LogP contribution in [0, 0.1) is 0 Å². The Bertz CT molecular complexity index is 719. The van der Waals surface area contributed by atoms with Gasteiger partial charge in [-0.3, -0.25) is 9.59 Å². The van der Waals surface area contributed by atoms with Gasteiger partial charge in [0.1, 0.15) is 5.75 Å². The molecule has 2 fully saturated rings. The third-order valence-electron chi connectivity index (χ3n) is 5.72. The van der Waals surface area contributed by atoms with Crippen molar-refractivity contribution in [3.63, 3.8) is 0 Å². The number of ether oxygens (including phenoxy) is 2. The van der Waals surface area contributed by atoms with E-state index in [2.05, 4.69) is 0 Å². The summed E-state index contributed by atoms with van der Waals surface area (Å²) >= 11 is 0. The fourth-order valence-electron chi connectivity index (χ4n) is 4.21. The molecule has 0 aliphatic carbocycles. The van der Waals surface area contributed by atoms with E-state index in [-0.39, 0.29) is 24.5 Å². The first-order chi connectivity index (χ1) is 13.6. The number of para-hydroxylation sites is 2. The number of piperidine rings is 1.